The summed E-state index contributed by atoms with van der Waals surface area (Å²) in [6, 6.07) is 10.2. The topological polar surface area (TPSA) is 39.1 Å². The zero-order valence-corrected chi connectivity index (χ0v) is 10.2. The summed E-state index contributed by atoms with van der Waals surface area (Å²) in [6.07, 6.45) is 3.90. The molecule has 0 N–H and O–H groups in total. The van der Waals surface area contributed by atoms with E-state index in [2.05, 4.69) is 16.7 Å². The first-order valence-corrected chi connectivity index (χ1v) is 7.36. The van der Waals surface area contributed by atoms with E-state index in [4.69, 9.17) is 0 Å². The second kappa shape index (κ2) is 3.74. The van der Waals surface area contributed by atoms with Gasteiger partial charge in [0.25, 0.3) is 0 Å². The summed E-state index contributed by atoms with van der Waals surface area (Å²) < 4.78 is 24.9. The zero-order chi connectivity index (χ0) is 11.9. The molecule has 0 aliphatic carbocycles. The number of hydrogen-bond donors (Lipinski definition) is 0. The Labute approximate surface area is 101 Å². The maximum atomic E-state index is 11.4. The van der Waals surface area contributed by atoms with Gasteiger partial charge in [0.1, 0.15) is 0 Å². The van der Waals surface area contributed by atoms with Crippen molar-refractivity contribution in [2.45, 2.75) is 18.1 Å². The van der Waals surface area contributed by atoms with E-state index in [0.717, 1.165) is 17.7 Å². The van der Waals surface area contributed by atoms with Gasteiger partial charge in [-0.05, 0) is 16.7 Å². The van der Waals surface area contributed by atoms with Gasteiger partial charge < -0.3 is 4.57 Å². The number of nitrogens with zero attached hydrogens (tertiary/aromatic N) is 1. The van der Waals surface area contributed by atoms with Crippen LogP contribution in [0.1, 0.15) is 16.7 Å². The Balaban J connectivity index is 1.85. The fraction of sp³-hybridized carbons (Fsp3) is 0.231. The van der Waals surface area contributed by atoms with Crippen LogP contribution >= 0.6 is 0 Å². The molecule has 0 saturated carbocycles. The van der Waals surface area contributed by atoms with E-state index in [1.807, 2.05) is 30.6 Å². The second-order valence-corrected chi connectivity index (χ2v) is 6.56. The molecule has 1 aliphatic rings. The molecule has 17 heavy (non-hydrogen) atoms. The van der Waals surface area contributed by atoms with Crippen molar-refractivity contribution in [1.29, 1.82) is 0 Å². The summed E-state index contributed by atoms with van der Waals surface area (Å²) in [5, 5.41) is 0. The first-order chi connectivity index (χ1) is 8.12. The van der Waals surface area contributed by atoms with Crippen molar-refractivity contribution in [3.8, 4) is 0 Å². The quantitative estimate of drug-likeness (QED) is 0.813. The Bertz CT molecular complexity index is 612. The van der Waals surface area contributed by atoms with E-state index in [1.54, 1.807) is 0 Å². The summed E-state index contributed by atoms with van der Waals surface area (Å²) in [4.78, 5) is 0. The third-order valence-corrected chi connectivity index (χ3v) is 4.52. The second-order valence-electron chi connectivity index (χ2n) is 4.50. The first-order valence-electron chi connectivity index (χ1n) is 5.54. The lowest BCUT2D eigenvalue weighted by molar-refractivity contribution is 0.597. The lowest BCUT2D eigenvalue weighted by Gasteiger charge is -2.03. The van der Waals surface area contributed by atoms with Crippen LogP contribution in [0.4, 0.5) is 0 Å². The van der Waals surface area contributed by atoms with Gasteiger partial charge in [-0.3, -0.25) is 0 Å². The molecule has 3 rings (SSSR count). The molecule has 0 bridgehead atoms. The van der Waals surface area contributed by atoms with Crippen LogP contribution in [0.2, 0.25) is 0 Å². The number of sulfone groups is 1. The Kier molecular flexibility index (Phi) is 2.33. The third-order valence-electron chi connectivity index (χ3n) is 3.01. The molecule has 0 unspecified atom stereocenters. The van der Waals surface area contributed by atoms with E-state index in [-0.39, 0.29) is 11.5 Å². The molecule has 88 valence electrons. The smallest absolute Gasteiger partial charge is 0.158 e. The van der Waals surface area contributed by atoms with Gasteiger partial charge in [-0.2, -0.15) is 0 Å². The van der Waals surface area contributed by atoms with Gasteiger partial charge in [0, 0.05) is 18.9 Å². The van der Waals surface area contributed by atoms with Crippen LogP contribution in [0.5, 0.6) is 0 Å². The molecule has 0 atom stereocenters. The van der Waals surface area contributed by atoms with Crippen LogP contribution in [-0.4, -0.2) is 13.0 Å². The molecule has 0 fully saturated rings. The standard InChI is InChI=1S/C13H13NO2S/c15-17(16)9-12-7-14(8-13(12)10-17)6-11-4-2-1-3-5-11/h1-5,7-8H,6,9-10H2. The minimum absolute atomic E-state index is 0.199. The highest BCUT2D eigenvalue weighted by Gasteiger charge is 2.25. The molecule has 0 radical (unpaired) electrons. The summed E-state index contributed by atoms with van der Waals surface area (Å²) in [5.41, 5.74) is 3.14. The molecular formula is C13H13NO2S. The zero-order valence-electron chi connectivity index (χ0n) is 9.33. The van der Waals surface area contributed by atoms with Crippen molar-refractivity contribution in [1.82, 2.24) is 4.57 Å². The molecule has 1 aromatic heterocycles. The molecule has 4 heteroatoms. The highest BCUT2D eigenvalue weighted by molar-refractivity contribution is 7.90. The van der Waals surface area contributed by atoms with Crippen molar-refractivity contribution in [3.05, 3.63) is 59.4 Å². The Morgan fingerprint density at radius 2 is 1.59 bits per heavy atom. The Morgan fingerprint density at radius 1 is 1.00 bits per heavy atom. The summed E-state index contributed by atoms with van der Waals surface area (Å²) in [7, 11) is -2.87. The summed E-state index contributed by atoms with van der Waals surface area (Å²) >= 11 is 0. The molecule has 2 aromatic rings. The normalized spacial score (nSPS) is 16.9. The van der Waals surface area contributed by atoms with Crippen LogP contribution in [0.25, 0.3) is 0 Å². The highest BCUT2D eigenvalue weighted by atomic mass is 32.2. The SMILES string of the molecule is O=S1(=O)Cc2cn(Cc3ccccc3)cc2C1. The van der Waals surface area contributed by atoms with E-state index in [0.29, 0.717) is 0 Å². The number of fused-ring (bicyclic) bond motifs is 1. The van der Waals surface area contributed by atoms with E-state index >= 15 is 0 Å². The highest BCUT2D eigenvalue weighted by Crippen LogP contribution is 2.26. The van der Waals surface area contributed by atoms with Crippen molar-refractivity contribution in [2.75, 3.05) is 0 Å². The largest absolute Gasteiger partial charge is 0.349 e. The average molecular weight is 247 g/mol. The van der Waals surface area contributed by atoms with Crippen LogP contribution in [0.3, 0.4) is 0 Å². The van der Waals surface area contributed by atoms with Crippen molar-refractivity contribution >= 4 is 9.84 Å². The maximum Gasteiger partial charge on any atom is 0.158 e. The minimum atomic E-state index is -2.87. The van der Waals surface area contributed by atoms with Gasteiger partial charge in [0.05, 0.1) is 11.5 Å². The Morgan fingerprint density at radius 3 is 2.18 bits per heavy atom. The van der Waals surface area contributed by atoms with Gasteiger partial charge in [0.15, 0.2) is 9.84 Å². The number of rotatable bonds is 2. The van der Waals surface area contributed by atoms with E-state index < -0.39 is 9.84 Å². The molecule has 3 nitrogen and oxygen atoms in total. The molecule has 2 heterocycles. The molecular weight excluding hydrogens is 234 g/mol. The van der Waals surface area contributed by atoms with Crippen LogP contribution < -0.4 is 0 Å². The van der Waals surface area contributed by atoms with Crippen molar-refractivity contribution in [3.63, 3.8) is 0 Å². The monoisotopic (exact) mass is 247 g/mol. The predicted molar refractivity (Wildman–Crippen MR) is 66.3 cm³/mol. The fourth-order valence-corrected chi connectivity index (χ4v) is 3.84. The minimum Gasteiger partial charge on any atom is -0.349 e. The third kappa shape index (κ3) is 2.13. The maximum absolute atomic E-state index is 11.4. The van der Waals surface area contributed by atoms with E-state index in [1.165, 1.54) is 5.56 Å². The van der Waals surface area contributed by atoms with Crippen LogP contribution in [-0.2, 0) is 27.9 Å². The Hall–Kier alpha value is -1.55. The molecule has 0 saturated heterocycles. The van der Waals surface area contributed by atoms with Gasteiger partial charge in [-0.25, -0.2) is 8.42 Å². The molecule has 1 aliphatic heterocycles. The molecule has 1 aromatic carbocycles. The summed E-state index contributed by atoms with van der Waals surface area (Å²) in [6.45, 7) is 0.799. The van der Waals surface area contributed by atoms with Crippen molar-refractivity contribution in [2.24, 2.45) is 0 Å². The average Bonchev–Trinajstić information content (AvgIpc) is 2.72. The summed E-state index contributed by atoms with van der Waals surface area (Å²) in [5.74, 6) is 0.397. The number of aromatic nitrogens is 1. The lowest BCUT2D eigenvalue weighted by Crippen LogP contribution is -2.00. The first kappa shape index (κ1) is 10.6. The molecule has 0 amide bonds. The molecule has 0 spiro atoms. The van der Waals surface area contributed by atoms with Crippen LogP contribution in [0.15, 0.2) is 42.7 Å². The number of hydrogen-bond acceptors (Lipinski definition) is 2. The van der Waals surface area contributed by atoms with Gasteiger partial charge in [-0.1, -0.05) is 30.3 Å². The van der Waals surface area contributed by atoms with Crippen LogP contribution in [0, 0.1) is 0 Å². The van der Waals surface area contributed by atoms with Crippen molar-refractivity contribution < 1.29 is 8.42 Å². The van der Waals surface area contributed by atoms with Gasteiger partial charge >= 0.3 is 0 Å². The van der Waals surface area contributed by atoms with Gasteiger partial charge in [0.2, 0.25) is 0 Å². The lowest BCUT2D eigenvalue weighted by atomic mass is 10.2. The van der Waals surface area contributed by atoms with Gasteiger partial charge in [-0.15, -0.1) is 0 Å². The van der Waals surface area contributed by atoms with E-state index in [9.17, 15) is 8.42 Å². The fourth-order valence-electron chi connectivity index (χ4n) is 2.27. The number of benzene rings is 1. The predicted octanol–water partition coefficient (Wildman–Crippen LogP) is 1.96.